The molecule has 0 bridgehead atoms. The van der Waals surface area contributed by atoms with Crippen LogP contribution >= 0.6 is 0 Å². The van der Waals surface area contributed by atoms with Crippen LogP contribution in [-0.2, 0) is 32.6 Å². The zero-order valence-electron chi connectivity index (χ0n) is 23.5. The highest BCUT2D eigenvalue weighted by molar-refractivity contribution is 7.89. The molecule has 5 rings (SSSR count). The number of hydrogen-bond donors (Lipinski definition) is 0. The van der Waals surface area contributed by atoms with Crippen LogP contribution < -0.4 is 5.43 Å². The molecule has 1 fully saturated rings. The van der Waals surface area contributed by atoms with E-state index in [-0.39, 0.29) is 41.2 Å². The fourth-order valence-corrected chi connectivity index (χ4v) is 6.46. The lowest BCUT2D eigenvalue weighted by Crippen LogP contribution is -2.45. The van der Waals surface area contributed by atoms with Crippen molar-refractivity contribution < 1.29 is 27.3 Å². The standard InChI is InChI=1S/C31H31N3O8S/c1-22-9-14-29-28(16-22)31(36)24(21-42-29)18-32(17-23-6-3-2-4-7-23)30(35)20-33(19-26-8-5-15-41-26)43(39,40)27-12-10-25(11-13-27)34(37)38/h2-4,6-7,9-14,16,21,26H,5,8,15,17-20H2,1H3. The van der Waals surface area contributed by atoms with Crippen LogP contribution in [-0.4, -0.2) is 54.3 Å². The molecule has 3 aromatic carbocycles. The Kier molecular flexibility index (Phi) is 9.00. The Morgan fingerprint density at radius 1 is 1.05 bits per heavy atom. The predicted octanol–water partition coefficient (Wildman–Crippen LogP) is 4.41. The second-order valence-electron chi connectivity index (χ2n) is 10.5. The SMILES string of the molecule is Cc1ccc2occ(CN(Cc3ccccc3)C(=O)CN(CC3CCCO3)S(=O)(=O)c3ccc([N+](=O)[O-])cc3)c(=O)c2c1. The van der Waals surface area contributed by atoms with E-state index in [0.717, 1.165) is 46.1 Å². The number of ether oxygens (including phenoxy) is 1. The number of non-ortho nitro benzene ring substituents is 1. The van der Waals surface area contributed by atoms with Crippen molar-refractivity contribution in [1.29, 1.82) is 0 Å². The lowest BCUT2D eigenvalue weighted by molar-refractivity contribution is -0.384. The summed E-state index contributed by atoms with van der Waals surface area (Å²) in [6, 6.07) is 19.0. The zero-order valence-corrected chi connectivity index (χ0v) is 24.4. The minimum Gasteiger partial charge on any atom is -0.464 e. The molecule has 2 heterocycles. The Morgan fingerprint density at radius 3 is 2.47 bits per heavy atom. The molecular weight excluding hydrogens is 574 g/mol. The third-order valence-corrected chi connectivity index (χ3v) is 9.18. The highest BCUT2D eigenvalue weighted by Crippen LogP contribution is 2.23. The van der Waals surface area contributed by atoms with Crippen molar-refractivity contribution in [3.05, 3.63) is 116 Å². The lowest BCUT2D eigenvalue weighted by Gasteiger charge is -2.28. The summed E-state index contributed by atoms with van der Waals surface area (Å²) >= 11 is 0. The van der Waals surface area contributed by atoms with E-state index in [1.165, 1.54) is 11.2 Å². The van der Waals surface area contributed by atoms with Gasteiger partial charge in [0.2, 0.25) is 15.9 Å². The number of nitrogens with zero attached hydrogens (tertiary/aromatic N) is 3. The van der Waals surface area contributed by atoms with Crippen LogP contribution in [0.2, 0.25) is 0 Å². The van der Waals surface area contributed by atoms with E-state index in [0.29, 0.717) is 24.0 Å². The first-order valence-corrected chi connectivity index (χ1v) is 15.2. The molecule has 0 aliphatic carbocycles. The summed E-state index contributed by atoms with van der Waals surface area (Å²) in [5.74, 6) is -0.531. The first kappa shape index (κ1) is 30.1. The number of carbonyl (C=O) groups is 1. The maximum absolute atomic E-state index is 13.9. The van der Waals surface area contributed by atoms with Gasteiger partial charge >= 0.3 is 0 Å². The molecule has 0 spiro atoms. The molecule has 4 aromatic rings. The molecule has 1 aliphatic rings. The van der Waals surface area contributed by atoms with E-state index in [2.05, 4.69) is 0 Å². The number of rotatable bonds is 11. The molecule has 0 saturated carbocycles. The normalized spacial score (nSPS) is 15.2. The van der Waals surface area contributed by atoms with E-state index >= 15 is 0 Å². The number of carbonyl (C=O) groups excluding carboxylic acids is 1. The van der Waals surface area contributed by atoms with Crippen molar-refractivity contribution >= 4 is 32.6 Å². The fraction of sp³-hybridized carbons (Fsp3) is 0.290. The molecule has 0 radical (unpaired) electrons. The van der Waals surface area contributed by atoms with Gasteiger partial charge in [0.25, 0.3) is 5.69 Å². The molecule has 1 unspecified atom stereocenters. The second-order valence-corrected chi connectivity index (χ2v) is 12.4. The molecule has 12 heteroatoms. The van der Waals surface area contributed by atoms with Gasteiger partial charge in [-0.05, 0) is 49.6 Å². The number of sulfonamides is 1. The molecule has 1 aromatic heterocycles. The second kappa shape index (κ2) is 12.9. The average Bonchev–Trinajstić information content (AvgIpc) is 3.52. The minimum absolute atomic E-state index is 0.0678. The summed E-state index contributed by atoms with van der Waals surface area (Å²) < 4.78 is 40.0. The number of nitro groups is 1. The summed E-state index contributed by atoms with van der Waals surface area (Å²) in [7, 11) is -4.24. The first-order chi connectivity index (χ1) is 20.6. The third-order valence-electron chi connectivity index (χ3n) is 7.36. The van der Waals surface area contributed by atoms with Crippen LogP contribution in [0.5, 0.6) is 0 Å². The topological polar surface area (TPSA) is 140 Å². The van der Waals surface area contributed by atoms with Gasteiger partial charge in [0.15, 0.2) is 5.43 Å². The van der Waals surface area contributed by atoms with Crippen molar-refractivity contribution in [3.63, 3.8) is 0 Å². The maximum atomic E-state index is 13.9. The van der Waals surface area contributed by atoms with E-state index in [1.54, 1.807) is 12.1 Å². The van der Waals surface area contributed by atoms with Crippen molar-refractivity contribution in [2.24, 2.45) is 0 Å². The Labute approximate surface area is 248 Å². The van der Waals surface area contributed by atoms with Crippen LogP contribution in [0, 0.1) is 17.0 Å². The number of fused-ring (bicyclic) bond motifs is 1. The van der Waals surface area contributed by atoms with Crippen molar-refractivity contribution in [1.82, 2.24) is 9.21 Å². The lowest BCUT2D eigenvalue weighted by atomic mass is 10.1. The number of aryl methyl sites for hydroxylation is 1. The molecule has 43 heavy (non-hydrogen) atoms. The largest absolute Gasteiger partial charge is 0.464 e. The smallest absolute Gasteiger partial charge is 0.269 e. The van der Waals surface area contributed by atoms with Gasteiger partial charge < -0.3 is 14.1 Å². The zero-order chi connectivity index (χ0) is 30.6. The van der Waals surface area contributed by atoms with Crippen molar-refractivity contribution in [2.75, 3.05) is 19.7 Å². The summed E-state index contributed by atoms with van der Waals surface area (Å²) in [6.45, 7) is 1.78. The number of nitro benzene ring substituents is 1. The van der Waals surface area contributed by atoms with E-state index in [1.807, 2.05) is 43.3 Å². The molecule has 1 saturated heterocycles. The number of benzene rings is 3. The summed E-state index contributed by atoms with van der Waals surface area (Å²) in [5.41, 5.74) is 1.84. The van der Waals surface area contributed by atoms with Crippen LogP contribution in [0.15, 0.2) is 93.2 Å². The highest BCUT2D eigenvalue weighted by Gasteiger charge is 2.33. The van der Waals surface area contributed by atoms with Gasteiger partial charge in [-0.2, -0.15) is 4.31 Å². The molecule has 11 nitrogen and oxygen atoms in total. The summed E-state index contributed by atoms with van der Waals surface area (Å²) in [6.07, 6.45) is 2.33. The highest BCUT2D eigenvalue weighted by atomic mass is 32.2. The van der Waals surface area contributed by atoms with Gasteiger partial charge in [0.05, 0.1) is 46.2 Å². The van der Waals surface area contributed by atoms with Crippen molar-refractivity contribution in [2.45, 2.75) is 43.9 Å². The van der Waals surface area contributed by atoms with E-state index < -0.39 is 33.5 Å². The van der Waals surface area contributed by atoms with Crippen LogP contribution in [0.4, 0.5) is 5.69 Å². The van der Waals surface area contributed by atoms with Gasteiger partial charge in [-0.15, -0.1) is 0 Å². The Bertz CT molecular complexity index is 1780. The van der Waals surface area contributed by atoms with E-state index in [9.17, 15) is 28.1 Å². The summed E-state index contributed by atoms with van der Waals surface area (Å²) in [4.78, 5) is 39.1. The monoisotopic (exact) mass is 605 g/mol. The molecular formula is C31H31N3O8S. The van der Waals surface area contributed by atoms with Gasteiger partial charge in [0.1, 0.15) is 5.58 Å². The molecule has 0 N–H and O–H groups in total. The molecule has 1 atom stereocenters. The van der Waals surface area contributed by atoms with Gasteiger partial charge in [-0.1, -0.05) is 42.0 Å². The van der Waals surface area contributed by atoms with Crippen LogP contribution in [0.25, 0.3) is 11.0 Å². The molecule has 1 amide bonds. The van der Waals surface area contributed by atoms with Crippen LogP contribution in [0.3, 0.4) is 0 Å². The number of hydrogen-bond acceptors (Lipinski definition) is 8. The Hall–Kier alpha value is -4.39. The molecule has 224 valence electrons. The van der Waals surface area contributed by atoms with Gasteiger partial charge in [-0.3, -0.25) is 19.7 Å². The summed E-state index contributed by atoms with van der Waals surface area (Å²) in [5, 5.41) is 11.5. The number of amides is 1. The molecule has 1 aliphatic heterocycles. The van der Waals surface area contributed by atoms with Gasteiger partial charge in [0, 0.05) is 31.8 Å². The Balaban J connectivity index is 1.47. The maximum Gasteiger partial charge on any atom is 0.269 e. The Morgan fingerprint density at radius 2 is 1.79 bits per heavy atom. The van der Waals surface area contributed by atoms with E-state index in [4.69, 9.17) is 9.15 Å². The predicted molar refractivity (Wildman–Crippen MR) is 159 cm³/mol. The van der Waals surface area contributed by atoms with Gasteiger partial charge in [-0.25, -0.2) is 8.42 Å². The van der Waals surface area contributed by atoms with Crippen LogP contribution in [0.1, 0.15) is 29.5 Å². The quantitative estimate of drug-likeness (QED) is 0.181. The first-order valence-electron chi connectivity index (χ1n) is 13.8. The minimum atomic E-state index is -4.24. The van der Waals surface area contributed by atoms with Crippen molar-refractivity contribution in [3.8, 4) is 0 Å². The third kappa shape index (κ3) is 6.99. The average molecular weight is 606 g/mol. The fourth-order valence-electron chi connectivity index (χ4n) is 5.04.